The summed E-state index contributed by atoms with van der Waals surface area (Å²) < 4.78 is 33.1. The van der Waals surface area contributed by atoms with Crippen LogP contribution in [0.1, 0.15) is 25.7 Å². The zero-order valence-corrected chi connectivity index (χ0v) is 13.9. The summed E-state index contributed by atoms with van der Waals surface area (Å²) in [6, 6.07) is 1.45. The highest BCUT2D eigenvalue weighted by Gasteiger charge is 2.20. The van der Waals surface area contributed by atoms with Crippen molar-refractivity contribution >= 4 is 31.8 Å². The van der Waals surface area contributed by atoms with Crippen molar-refractivity contribution in [3.63, 3.8) is 0 Å². The Kier molecular flexibility index (Phi) is 5.94. The molecule has 0 unspecified atom stereocenters. The van der Waals surface area contributed by atoms with Gasteiger partial charge in [0.2, 0.25) is 10.0 Å². The Morgan fingerprint density at radius 3 is 2.81 bits per heavy atom. The summed E-state index contributed by atoms with van der Waals surface area (Å²) in [5.74, 6) is 5.39. The van der Waals surface area contributed by atoms with Crippen molar-refractivity contribution in [3.05, 3.63) is 16.7 Å². The summed E-state index contributed by atoms with van der Waals surface area (Å²) in [5, 5.41) is 0. The van der Waals surface area contributed by atoms with E-state index in [4.69, 9.17) is 10.6 Å². The Labute approximate surface area is 132 Å². The number of hydrazine groups is 1. The van der Waals surface area contributed by atoms with Gasteiger partial charge in [0.25, 0.3) is 0 Å². The van der Waals surface area contributed by atoms with Crippen molar-refractivity contribution in [2.24, 2.45) is 5.84 Å². The number of ether oxygens (including phenoxy) is 1. The van der Waals surface area contributed by atoms with Crippen molar-refractivity contribution in [1.82, 2.24) is 9.71 Å². The standard InChI is InChI=1S/C12H19BrN4O3S/c13-9-7-11(12(17-14)15-8-9)21(18,19)16-5-6-20-10-3-1-2-4-10/h7-8,10,16H,1-6,14H2,(H,15,17). The summed E-state index contributed by atoms with van der Waals surface area (Å²) >= 11 is 3.20. The molecule has 0 aliphatic heterocycles. The first-order valence-corrected chi connectivity index (χ1v) is 9.04. The number of hydrogen-bond donors (Lipinski definition) is 3. The largest absolute Gasteiger partial charge is 0.377 e. The van der Waals surface area contributed by atoms with Gasteiger partial charge in [-0.05, 0) is 34.8 Å². The van der Waals surface area contributed by atoms with Gasteiger partial charge in [0.1, 0.15) is 4.90 Å². The number of anilines is 1. The minimum atomic E-state index is -3.69. The molecule has 0 spiro atoms. The lowest BCUT2D eigenvalue weighted by Crippen LogP contribution is -2.29. The second-order valence-corrected chi connectivity index (χ2v) is 7.47. The topological polar surface area (TPSA) is 106 Å². The van der Waals surface area contributed by atoms with Crippen molar-refractivity contribution in [2.45, 2.75) is 36.7 Å². The first-order chi connectivity index (χ1) is 10.0. The third-order valence-corrected chi connectivity index (χ3v) is 5.20. The van der Waals surface area contributed by atoms with Crippen molar-refractivity contribution < 1.29 is 13.2 Å². The van der Waals surface area contributed by atoms with Crippen LogP contribution in [0.4, 0.5) is 5.82 Å². The van der Waals surface area contributed by atoms with Gasteiger partial charge in [-0.2, -0.15) is 0 Å². The van der Waals surface area contributed by atoms with Crippen LogP contribution in [0.25, 0.3) is 0 Å². The lowest BCUT2D eigenvalue weighted by atomic mass is 10.3. The number of nitrogens with zero attached hydrogens (tertiary/aromatic N) is 1. The zero-order chi connectivity index (χ0) is 15.3. The van der Waals surface area contributed by atoms with E-state index in [0.717, 1.165) is 12.8 Å². The molecule has 1 aliphatic carbocycles. The third kappa shape index (κ3) is 4.62. The van der Waals surface area contributed by atoms with E-state index in [0.29, 0.717) is 11.1 Å². The van der Waals surface area contributed by atoms with Gasteiger partial charge in [0, 0.05) is 17.2 Å². The highest BCUT2D eigenvalue weighted by Crippen LogP contribution is 2.22. The quantitative estimate of drug-likeness (QED) is 0.375. The van der Waals surface area contributed by atoms with E-state index in [1.165, 1.54) is 25.1 Å². The maximum absolute atomic E-state index is 12.2. The van der Waals surface area contributed by atoms with E-state index in [1.54, 1.807) is 0 Å². The van der Waals surface area contributed by atoms with Crippen molar-refractivity contribution in [3.8, 4) is 0 Å². The molecule has 7 nitrogen and oxygen atoms in total. The van der Waals surface area contributed by atoms with Crippen molar-refractivity contribution in [2.75, 3.05) is 18.6 Å². The molecular weight excluding hydrogens is 360 g/mol. The number of pyridine rings is 1. The summed E-state index contributed by atoms with van der Waals surface area (Å²) in [4.78, 5) is 3.92. The Balaban J connectivity index is 1.93. The SMILES string of the molecule is NNc1ncc(Br)cc1S(=O)(=O)NCCOC1CCCC1. The van der Waals surface area contributed by atoms with Gasteiger partial charge in [-0.3, -0.25) is 0 Å². The molecule has 1 heterocycles. The Hall–Kier alpha value is -0.740. The average molecular weight is 379 g/mol. The molecular formula is C12H19BrN4O3S. The minimum Gasteiger partial charge on any atom is -0.377 e. The molecule has 2 rings (SSSR count). The molecule has 1 aromatic rings. The molecule has 9 heteroatoms. The van der Waals surface area contributed by atoms with Gasteiger partial charge in [-0.25, -0.2) is 24.0 Å². The van der Waals surface area contributed by atoms with Crippen molar-refractivity contribution in [1.29, 1.82) is 0 Å². The number of nitrogen functional groups attached to an aromatic ring is 1. The third-order valence-electron chi connectivity index (χ3n) is 3.30. The van der Waals surface area contributed by atoms with Gasteiger partial charge in [0.15, 0.2) is 5.82 Å². The van der Waals surface area contributed by atoms with Gasteiger partial charge in [-0.1, -0.05) is 12.8 Å². The van der Waals surface area contributed by atoms with Crippen LogP contribution in [-0.4, -0.2) is 32.7 Å². The fraction of sp³-hybridized carbons (Fsp3) is 0.583. The summed E-state index contributed by atoms with van der Waals surface area (Å²) in [7, 11) is -3.69. The molecule has 21 heavy (non-hydrogen) atoms. The van der Waals surface area contributed by atoms with Crippen LogP contribution in [0.15, 0.2) is 21.6 Å². The van der Waals surface area contributed by atoms with Crippen LogP contribution in [0.5, 0.6) is 0 Å². The molecule has 1 saturated carbocycles. The summed E-state index contributed by atoms with van der Waals surface area (Å²) in [5.41, 5.74) is 2.28. The average Bonchev–Trinajstić information content (AvgIpc) is 2.97. The smallest absolute Gasteiger partial charge is 0.244 e. The molecule has 1 aliphatic rings. The highest BCUT2D eigenvalue weighted by atomic mass is 79.9. The summed E-state index contributed by atoms with van der Waals surface area (Å²) in [6.07, 6.45) is 6.23. The van der Waals surface area contributed by atoms with Crippen LogP contribution < -0.4 is 16.0 Å². The van der Waals surface area contributed by atoms with Gasteiger partial charge in [0.05, 0.1) is 12.7 Å². The lowest BCUT2D eigenvalue weighted by Gasteiger charge is -2.13. The monoisotopic (exact) mass is 378 g/mol. The Morgan fingerprint density at radius 2 is 2.14 bits per heavy atom. The van der Waals surface area contributed by atoms with Crippen LogP contribution in [0.2, 0.25) is 0 Å². The van der Waals surface area contributed by atoms with Gasteiger partial charge >= 0.3 is 0 Å². The van der Waals surface area contributed by atoms with Gasteiger partial charge in [-0.15, -0.1) is 0 Å². The molecule has 4 N–H and O–H groups in total. The van der Waals surface area contributed by atoms with Gasteiger partial charge < -0.3 is 10.2 Å². The molecule has 0 bridgehead atoms. The zero-order valence-electron chi connectivity index (χ0n) is 11.5. The maximum Gasteiger partial charge on any atom is 0.244 e. The van der Waals surface area contributed by atoms with E-state index in [-0.39, 0.29) is 23.4 Å². The number of rotatable bonds is 7. The van der Waals surface area contributed by atoms with E-state index in [1.807, 2.05) is 0 Å². The van der Waals surface area contributed by atoms with E-state index >= 15 is 0 Å². The first kappa shape index (κ1) is 16.6. The predicted molar refractivity (Wildman–Crippen MR) is 83.1 cm³/mol. The van der Waals surface area contributed by atoms with Crippen LogP contribution >= 0.6 is 15.9 Å². The number of sulfonamides is 1. The summed E-state index contributed by atoms with van der Waals surface area (Å²) in [6.45, 7) is 0.575. The van der Waals surface area contributed by atoms with Crippen LogP contribution in [0.3, 0.4) is 0 Å². The van der Waals surface area contributed by atoms with E-state index < -0.39 is 10.0 Å². The Bertz CT molecular complexity index is 576. The molecule has 0 radical (unpaired) electrons. The lowest BCUT2D eigenvalue weighted by molar-refractivity contribution is 0.0626. The molecule has 0 aromatic carbocycles. The van der Waals surface area contributed by atoms with Crippen LogP contribution in [-0.2, 0) is 14.8 Å². The Morgan fingerprint density at radius 1 is 1.43 bits per heavy atom. The highest BCUT2D eigenvalue weighted by molar-refractivity contribution is 9.10. The number of nitrogens with one attached hydrogen (secondary N) is 2. The number of aromatic nitrogens is 1. The molecule has 0 atom stereocenters. The van der Waals surface area contributed by atoms with E-state index in [9.17, 15) is 8.42 Å². The maximum atomic E-state index is 12.2. The fourth-order valence-corrected chi connectivity index (χ4v) is 3.91. The predicted octanol–water partition coefficient (Wildman–Crippen LogP) is 1.37. The van der Waals surface area contributed by atoms with E-state index in [2.05, 4.69) is 31.1 Å². The minimum absolute atomic E-state index is 0.000224. The number of hydrogen-bond acceptors (Lipinski definition) is 6. The second-order valence-electron chi connectivity index (χ2n) is 4.82. The molecule has 118 valence electrons. The molecule has 1 fully saturated rings. The second kappa shape index (κ2) is 7.50. The molecule has 1 aromatic heterocycles. The fourth-order valence-electron chi connectivity index (χ4n) is 2.27. The molecule has 0 amide bonds. The molecule has 0 saturated heterocycles. The number of nitrogens with two attached hydrogens (primary N) is 1. The van der Waals surface area contributed by atoms with Crippen LogP contribution in [0, 0.1) is 0 Å². The first-order valence-electron chi connectivity index (χ1n) is 6.76. The normalized spacial score (nSPS) is 16.3. The number of halogens is 1.